The lowest BCUT2D eigenvalue weighted by Crippen LogP contribution is -2.40. The quantitative estimate of drug-likeness (QED) is 0.0347. The van der Waals surface area contributed by atoms with Gasteiger partial charge in [0.1, 0.15) is 50.8 Å². The second-order valence-corrected chi connectivity index (χ2v) is 14.5. The van der Waals surface area contributed by atoms with Crippen LogP contribution in [0.3, 0.4) is 0 Å². The van der Waals surface area contributed by atoms with E-state index in [1.165, 1.54) is 88.3 Å². The third kappa shape index (κ3) is 66.5. The summed E-state index contributed by atoms with van der Waals surface area (Å²) in [6, 6.07) is 9.52. The normalized spacial score (nSPS) is 9.16. The molecule has 0 saturated heterocycles. The van der Waals surface area contributed by atoms with Crippen LogP contribution in [0.2, 0.25) is 0 Å². The second-order valence-electron chi connectivity index (χ2n) is 14.5. The molecule has 0 atom stereocenters. The van der Waals surface area contributed by atoms with Gasteiger partial charge in [-0.25, -0.2) is 0 Å². The van der Waals surface area contributed by atoms with E-state index in [4.69, 9.17) is 61.6 Å². The molecule has 414 valence electrons. The maximum absolute atomic E-state index is 9.75. The number of carbonyl (C=O) groups is 1. The monoisotopic (exact) mass is 1030 g/mol. The Hall–Kier alpha value is -7.59. The van der Waals surface area contributed by atoms with Gasteiger partial charge in [0.05, 0.1) is 146 Å². The standard InChI is InChI=1S/C13H20O4.C11H18O3.C9H16O2.C8H14O3.C8H8O.C4H6O2.C4H8O/c1-5-14-9-13(10-15-6-2,11-16-7-3)12-17-8-4;1-5-12-8-11(4,9-13-6-2)10-14-7-3;1-5-10-7-9(3,4)8-11-6-2;1-3-9-5-7-11-8-6-10-4-2;1-2-9-8-6-4-3-5-7-8;1-3-6-4(2)5;1-3-5-4-2/h5-8H,1-4,9-12H2;5-7H,1-3,8-10H2,4H3;5-6H,1-2,7-8H2,3-4H3;3-4H,1-2,5-8H2;2-7H,1H2;3H,1H2,2H3;3H,1,4H2,2H3. The molecule has 1 rings (SSSR count). The van der Waals surface area contributed by atoms with Gasteiger partial charge >= 0.3 is 5.97 Å². The Kier molecular flexibility index (Phi) is 65.7. The van der Waals surface area contributed by atoms with Gasteiger partial charge in [0, 0.05) is 12.3 Å². The molecule has 73 heavy (non-hydrogen) atoms. The minimum absolute atomic E-state index is 0.0162. The van der Waals surface area contributed by atoms with Gasteiger partial charge in [-0.3, -0.25) is 4.79 Å². The van der Waals surface area contributed by atoms with Crippen LogP contribution in [0.5, 0.6) is 5.75 Å². The molecule has 0 aliphatic rings. The number of ether oxygens (including phenoxy) is 15. The van der Waals surface area contributed by atoms with Crippen molar-refractivity contribution >= 4 is 5.97 Å². The molecule has 0 amide bonds. The third-order valence-electron chi connectivity index (χ3n) is 7.29. The van der Waals surface area contributed by atoms with Crippen LogP contribution < -0.4 is 4.74 Å². The zero-order valence-corrected chi connectivity index (χ0v) is 44.8. The first-order valence-electron chi connectivity index (χ1n) is 22.5. The molecule has 0 aliphatic carbocycles. The molecule has 0 heterocycles. The average molecular weight is 1030 g/mol. The molecule has 0 saturated carbocycles. The van der Waals surface area contributed by atoms with Crippen molar-refractivity contribution in [3.05, 3.63) is 210 Å². The Labute approximate surface area is 439 Å². The maximum Gasteiger partial charge on any atom is 0.307 e. The van der Waals surface area contributed by atoms with Gasteiger partial charge < -0.3 is 71.1 Å². The Morgan fingerprint density at radius 1 is 0.411 bits per heavy atom. The van der Waals surface area contributed by atoms with Crippen LogP contribution in [-0.2, 0) is 71.1 Å². The molecule has 0 radical (unpaired) electrons. The molecule has 0 aromatic heterocycles. The summed E-state index contributed by atoms with van der Waals surface area (Å²) in [5.74, 6) is 0.498. The van der Waals surface area contributed by atoms with Crippen LogP contribution in [0.25, 0.3) is 0 Å². The highest BCUT2D eigenvalue weighted by Gasteiger charge is 2.34. The number of rotatable bonds is 40. The first-order chi connectivity index (χ1) is 35.1. The lowest BCUT2D eigenvalue weighted by atomic mass is 9.92. The van der Waals surface area contributed by atoms with Crippen LogP contribution in [0, 0.1) is 16.2 Å². The molecule has 0 unspecified atom stereocenters. The lowest BCUT2D eigenvalue weighted by Gasteiger charge is -2.30. The molecular weight excluding hydrogens is 941 g/mol. The van der Waals surface area contributed by atoms with Crippen molar-refractivity contribution < 1.29 is 75.8 Å². The zero-order chi connectivity index (χ0) is 56.6. The van der Waals surface area contributed by atoms with Crippen LogP contribution in [0.4, 0.5) is 0 Å². The Morgan fingerprint density at radius 3 is 0.973 bits per heavy atom. The first-order valence-corrected chi connectivity index (χ1v) is 22.5. The summed E-state index contributed by atoms with van der Waals surface area (Å²) in [6.45, 7) is 64.4. The van der Waals surface area contributed by atoms with E-state index in [0.717, 1.165) is 18.6 Å². The molecule has 0 bridgehead atoms. The Bertz CT molecular complexity index is 1430. The van der Waals surface area contributed by atoms with Gasteiger partial charge in [-0.1, -0.05) is 124 Å². The van der Waals surface area contributed by atoms with Crippen molar-refractivity contribution in [1.82, 2.24) is 0 Å². The van der Waals surface area contributed by atoms with Gasteiger partial charge in [0.15, 0.2) is 0 Å². The first kappa shape index (κ1) is 76.9. The van der Waals surface area contributed by atoms with Gasteiger partial charge in [-0.15, -0.1) is 0 Å². The highest BCUT2D eigenvalue weighted by atomic mass is 16.5. The summed E-state index contributed by atoms with van der Waals surface area (Å²) in [5, 5.41) is 0. The van der Waals surface area contributed by atoms with Crippen molar-refractivity contribution in [3.8, 4) is 5.75 Å². The second kappa shape index (κ2) is 62.4. The van der Waals surface area contributed by atoms with Gasteiger partial charge in [0.2, 0.25) is 0 Å². The van der Waals surface area contributed by atoms with E-state index < -0.39 is 5.41 Å². The van der Waals surface area contributed by atoms with Crippen LogP contribution in [0.15, 0.2) is 210 Å². The average Bonchev–Trinajstić information content (AvgIpc) is 3.39. The van der Waals surface area contributed by atoms with Crippen LogP contribution in [-0.4, -0.2) is 98.5 Å². The molecule has 1 aromatic carbocycles. The molecule has 0 aliphatic heterocycles. The number of benzene rings is 1. The van der Waals surface area contributed by atoms with Gasteiger partial charge in [0.25, 0.3) is 0 Å². The largest absolute Gasteiger partial charge is 0.502 e. The smallest absolute Gasteiger partial charge is 0.307 e. The van der Waals surface area contributed by atoms with E-state index >= 15 is 0 Å². The molecule has 0 spiro atoms. The topological polar surface area (TPSA) is 156 Å². The van der Waals surface area contributed by atoms with E-state index in [9.17, 15) is 4.79 Å². The van der Waals surface area contributed by atoms with Crippen molar-refractivity contribution in [2.24, 2.45) is 16.2 Å². The van der Waals surface area contributed by atoms with Crippen molar-refractivity contribution in [2.45, 2.75) is 34.6 Å². The molecule has 1 aromatic rings. The Balaban J connectivity index is -0.000000185. The Morgan fingerprint density at radius 2 is 0.726 bits per heavy atom. The highest BCUT2D eigenvalue weighted by molar-refractivity contribution is 5.66. The minimum Gasteiger partial charge on any atom is -0.502 e. The fourth-order valence-corrected chi connectivity index (χ4v) is 4.02. The fraction of sp³-hybridized carbons (Fsp3) is 0.386. The van der Waals surface area contributed by atoms with Crippen LogP contribution >= 0.6 is 0 Å². The molecule has 16 nitrogen and oxygen atoms in total. The minimum atomic E-state index is -0.468. The summed E-state index contributed by atoms with van der Waals surface area (Å²) < 4.78 is 74.8. The molecule has 0 fully saturated rings. The van der Waals surface area contributed by atoms with Crippen LogP contribution in [0.1, 0.15) is 34.6 Å². The van der Waals surface area contributed by atoms with E-state index in [-0.39, 0.29) is 16.8 Å². The van der Waals surface area contributed by atoms with E-state index in [1.54, 1.807) is 0 Å². The van der Waals surface area contributed by atoms with E-state index in [0.29, 0.717) is 85.9 Å². The SMILES string of the molecule is C=COC(C)=O.C=COCC.C=COCC(C)(C)COC=C.C=COCC(C)(COC=C)COC=C.C=COCC(COC=C)(COC=C)COC=C.C=COCCOCCOC=C.C=COc1ccccc1. The summed E-state index contributed by atoms with van der Waals surface area (Å²) in [6.07, 6.45) is 19.3. The number of carbonyl (C=O) groups excluding carboxylic acids is 1. The van der Waals surface area contributed by atoms with Gasteiger partial charge in [-0.2, -0.15) is 0 Å². The summed E-state index contributed by atoms with van der Waals surface area (Å²) in [5.41, 5.74) is -0.677. The number of esters is 1. The predicted octanol–water partition coefficient (Wildman–Crippen LogP) is 12.8. The summed E-state index contributed by atoms with van der Waals surface area (Å²) in [7, 11) is 0. The fourth-order valence-electron chi connectivity index (χ4n) is 4.02. The van der Waals surface area contributed by atoms with E-state index in [1.807, 2.05) is 44.2 Å². The number of hydrogen-bond acceptors (Lipinski definition) is 16. The lowest BCUT2D eigenvalue weighted by molar-refractivity contribution is -0.135. The molecule has 0 N–H and O–H groups in total. The van der Waals surface area contributed by atoms with Crippen molar-refractivity contribution in [1.29, 1.82) is 0 Å². The highest BCUT2D eigenvalue weighted by Crippen LogP contribution is 2.21. The maximum atomic E-state index is 9.75. The van der Waals surface area contributed by atoms with Gasteiger partial charge in [-0.05, 0) is 26.0 Å². The molecule has 16 heteroatoms. The zero-order valence-electron chi connectivity index (χ0n) is 44.8. The number of para-hydroxylation sites is 1. The van der Waals surface area contributed by atoms with Crippen molar-refractivity contribution in [3.63, 3.8) is 0 Å². The number of hydrogen-bond donors (Lipinski definition) is 0. The summed E-state index contributed by atoms with van der Waals surface area (Å²) in [4.78, 5) is 9.75. The molecular formula is C57H90O16. The predicted molar refractivity (Wildman–Crippen MR) is 294 cm³/mol. The third-order valence-corrected chi connectivity index (χ3v) is 7.29. The summed E-state index contributed by atoms with van der Waals surface area (Å²) >= 11 is 0. The van der Waals surface area contributed by atoms with Crippen molar-refractivity contribution in [2.75, 3.05) is 92.5 Å². The van der Waals surface area contributed by atoms with E-state index in [2.05, 4.69) is 115 Å².